The van der Waals surface area contributed by atoms with Crippen molar-refractivity contribution in [3.8, 4) is 11.4 Å². The molecule has 0 amide bonds. The van der Waals surface area contributed by atoms with Crippen molar-refractivity contribution < 1.29 is 12.8 Å². The molecule has 0 aliphatic heterocycles. The van der Waals surface area contributed by atoms with Crippen LogP contribution in [0.2, 0.25) is 0 Å². The van der Waals surface area contributed by atoms with Crippen LogP contribution in [-0.4, -0.2) is 41.6 Å². The first kappa shape index (κ1) is 16.4. The first-order valence-corrected chi connectivity index (χ1v) is 8.80. The van der Waals surface area contributed by atoms with Crippen LogP contribution in [0.5, 0.6) is 0 Å². The van der Waals surface area contributed by atoms with Crippen molar-refractivity contribution in [2.24, 2.45) is 0 Å². The van der Waals surface area contributed by atoms with Crippen LogP contribution >= 0.6 is 0 Å². The molecule has 0 saturated carbocycles. The van der Waals surface area contributed by atoms with Gasteiger partial charge in [0, 0.05) is 19.7 Å². The van der Waals surface area contributed by atoms with E-state index in [0.29, 0.717) is 24.0 Å². The predicted molar refractivity (Wildman–Crippen MR) is 88.9 cm³/mol. The quantitative estimate of drug-likeness (QED) is 0.707. The van der Waals surface area contributed by atoms with Gasteiger partial charge in [0.05, 0.1) is 0 Å². The van der Waals surface area contributed by atoms with Crippen LogP contribution in [0.4, 0.5) is 0 Å². The maximum absolute atomic E-state index is 12.1. The number of benzene rings is 1. The Kier molecular flexibility index (Phi) is 4.25. The normalized spacial score (nSPS) is 12.0. The van der Waals surface area contributed by atoms with E-state index >= 15 is 0 Å². The van der Waals surface area contributed by atoms with Gasteiger partial charge >= 0.3 is 0 Å². The van der Waals surface area contributed by atoms with Crippen molar-refractivity contribution in [2.45, 2.75) is 18.6 Å². The molecule has 0 atom stereocenters. The van der Waals surface area contributed by atoms with Crippen LogP contribution < -0.4 is 0 Å². The van der Waals surface area contributed by atoms with Crippen molar-refractivity contribution in [1.82, 2.24) is 19.1 Å². The summed E-state index contributed by atoms with van der Waals surface area (Å²) >= 11 is 0. The number of rotatable bonds is 5. The van der Waals surface area contributed by atoms with E-state index in [1.54, 1.807) is 10.7 Å². The Balaban J connectivity index is 1.92. The van der Waals surface area contributed by atoms with Gasteiger partial charge in [0.15, 0.2) is 5.82 Å². The predicted octanol–water partition coefficient (Wildman–Crippen LogP) is 2.15. The van der Waals surface area contributed by atoms with Crippen molar-refractivity contribution in [3.05, 3.63) is 54.0 Å². The van der Waals surface area contributed by atoms with E-state index in [2.05, 4.69) is 10.1 Å². The zero-order chi connectivity index (χ0) is 17.3. The topological polar surface area (TPSA) is 81.2 Å². The molecule has 3 rings (SSSR count). The fourth-order valence-corrected chi connectivity index (χ4v) is 3.09. The molecule has 0 spiro atoms. The molecule has 126 valence electrons. The fraction of sp³-hybridized carbons (Fsp3) is 0.250. The summed E-state index contributed by atoms with van der Waals surface area (Å²) in [6.45, 7) is 2.11. The van der Waals surface area contributed by atoms with Gasteiger partial charge in [-0.05, 0) is 19.1 Å². The van der Waals surface area contributed by atoms with E-state index in [9.17, 15) is 8.42 Å². The summed E-state index contributed by atoms with van der Waals surface area (Å²) in [7, 11) is -0.656. The largest absolute Gasteiger partial charge is 0.446 e. The highest BCUT2D eigenvalue weighted by molar-refractivity contribution is 7.88. The van der Waals surface area contributed by atoms with Crippen molar-refractivity contribution in [2.75, 3.05) is 14.1 Å². The average Bonchev–Trinajstić information content (AvgIpc) is 3.15. The zero-order valence-corrected chi connectivity index (χ0v) is 14.5. The van der Waals surface area contributed by atoms with Crippen LogP contribution in [0, 0.1) is 6.92 Å². The van der Waals surface area contributed by atoms with Gasteiger partial charge in [-0.3, -0.25) is 0 Å². The minimum Gasteiger partial charge on any atom is -0.446 e. The summed E-state index contributed by atoms with van der Waals surface area (Å²) in [5.74, 6) is 1.85. The Hall–Kier alpha value is -2.45. The van der Waals surface area contributed by atoms with Crippen molar-refractivity contribution in [3.63, 3.8) is 0 Å². The molecule has 1 aromatic carbocycles. The van der Waals surface area contributed by atoms with Gasteiger partial charge in [-0.1, -0.05) is 30.3 Å². The number of hydrogen-bond acceptors (Lipinski definition) is 5. The molecular weight excluding hydrogens is 328 g/mol. The lowest BCUT2D eigenvalue weighted by Gasteiger charge is -2.08. The van der Waals surface area contributed by atoms with E-state index in [1.807, 2.05) is 37.3 Å². The van der Waals surface area contributed by atoms with Crippen molar-refractivity contribution in [1.29, 1.82) is 0 Å². The van der Waals surface area contributed by atoms with E-state index in [0.717, 1.165) is 9.87 Å². The van der Waals surface area contributed by atoms with Gasteiger partial charge in [-0.25, -0.2) is 22.4 Å². The third-order valence-corrected chi connectivity index (χ3v) is 5.18. The maximum Gasteiger partial charge on any atom is 0.275 e. The molecule has 0 bridgehead atoms. The molecule has 24 heavy (non-hydrogen) atoms. The fourth-order valence-electron chi connectivity index (χ4n) is 2.28. The number of aryl methyl sites for hydroxylation is 1. The second kappa shape index (κ2) is 6.21. The van der Waals surface area contributed by atoms with Crippen LogP contribution in [-0.2, 0) is 16.6 Å². The SMILES string of the molecule is Cc1nc(-c2ccccc2)n(Cc2ccc(S(=O)(=O)N(C)C)o2)n1. The summed E-state index contributed by atoms with van der Waals surface area (Å²) in [5, 5.41) is 4.29. The third-order valence-electron chi connectivity index (χ3n) is 3.49. The highest BCUT2D eigenvalue weighted by atomic mass is 32.2. The molecule has 0 unspecified atom stereocenters. The number of nitrogens with zero attached hydrogens (tertiary/aromatic N) is 4. The molecule has 0 fully saturated rings. The number of aromatic nitrogens is 3. The average molecular weight is 346 g/mol. The smallest absolute Gasteiger partial charge is 0.275 e. The van der Waals surface area contributed by atoms with E-state index < -0.39 is 10.0 Å². The number of sulfonamides is 1. The molecule has 2 heterocycles. The summed E-state index contributed by atoms with van der Waals surface area (Å²) < 4.78 is 32.5. The lowest BCUT2D eigenvalue weighted by atomic mass is 10.2. The Bertz CT molecular complexity index is 943. The molecule has 0 saturated heterocycles. The summed E-state index contributed by atoms with van der Waals surface area (Å²) in [4.78, 5) is 4.44. The summed E-state index contributed by atoms with van der Waals surface area (Å²) in [6.07, 6.45) is 0. The van der Waals surface area contributed by atoms with Gasteiger partial charge in [-0.2, -0.15) is 5.10 Å². The molecular formula is C16H18N4O3S. The molecule has 7 nitrogen and oxygen atoms in total. The van der Waals surface area contributed by atoms with Crippen LogP contribution in [0.15, 0.2) is 52.0 Å². The highest BCUT2D eigenvalue weighted by Gasteiger charge is 2.22. The maximum atomic E-state index is 12.1. The number of furan rings is 1. The number of hydrogen-bond donors (Lipinski definition) is 0. The minimum absolute atomic E-state index is 0.0828. The first-order chi connectivity index (χ1) is 11.4. The van der Waals surface area contributed by atoms with Gasteiger partial charge < -0.3 is 4.42 Å². The molecule has 2 aromatic heterocycles. The first-order valence-electron chi connectivity index (χ1n) is 7.36. The van der Waals surface area contributed by atoms with Gasteiger partial charge in [-0.15, -0.1) is 0 Å². The molecule has 0 N–H and O–H groups in total. The van der Waals surface area contributed by atoms with Crippen molar-refractivity contribution >= 4 is 10.0 Å². The van der Waals surface area contributed by atoms with E-state index in [4.69, 9.17) is 4.42 Å². The monoisotopic (exact) mass is 346 g/mol. The Labute approximate surface area is 140 Å². The molecule has 8 heteroatoms. The third kappa shape index (κ3) is 3.10. The lowest BCUT2D eigenvalue weighted by Crippen LogP contribution is -2.21. The Morgan fingerprint density at radius 1 is 1.12 bits per heavy atom. The molecule has 3 aromatic rings. The molecule has 0 aliphatic rings. The second-order valence-corrected chi connectivity index (χ2v) is 7.60. The standard InChI is InChI=1S/C16H18N4O3S/c1-12-17-16(13-7-5-4-6-8-13)20(18-12)11-14-9-10-15(23-14)24(21,22)19(2)3/h4-10H,11H2,1-3H3. The minimum atomic E-state index is -3.58. The van der Waals surface area contributed by atoms with E-state index in [1.165, 1.54) is 20.2 Å². The summed E-state index contributed by atoms with van der Waals surface area (Å²) in [5.41, 5.74) is 0.936. The lowest BCUT2D eigenvalue weighted by molar-refractivity contribution is 0.388. The van der Waals surface area contributed by atoms with Crippen LogP contribution in [0.1, 0.15) is 11.6 Å². The summed E-state index contributed by atoms with van der Waals surface area (Å²) in [6, 6.07) is 12.8. The highest BCUT2D eigenvalue weighted by Crippen LogP contribution is 2.21. The van der Waals surface area contributed by atoms with Crippen LogP contribution in [0.25, 0.3) is 11.4 Å². The van der Waals surface area contributed by atoms with Crippen LogP contribution in [0.3, 0.4) is 0 Å². The molecule has 0 aliphatic carbocycles. The molecule has 0 radical (unpaired) electrons. The Morgan fingerprint density at radius 2 is 1.83 bits per heavy atom. The Morgan fingerprint density at radius 3 is 2.50 bits per heavy atom. The zero-order valence-electron chi connectivity index (χ0n) is 13.7. The van der Waals surface area contributed by atoms with E-state index in [-0.39, 0.29) is 5.09 Å². The second-order valence-electron chi connectivity index (χ2n) is 5.51. The van der Waals surface area contributed by atoms with Gasteiger partial charge in [0.25, 0.3) is 10.0 Å². The van der Waals surface area contributed by atoms with Gasteiger partial charge in [0.1, 0.15) is 18.1 Å². The van der Waals surface area contributed by atoms with Gasteiger partial charge in [0.2, 0.25) is 5.09 Å².